The molecule has 0 aliphatic rings. The molecule has 1 amide bonds. The van der Waals surface area contributed by atoms with Crippen LogP contribution in [0.3, 0.4) is 0 Å². The molecule has 0 saturated heterocycles. The van der Waals surface area contributed by atoms with Crippen LogP contribution in [0.4, 0.5) is 17.5 Å². The van der Waals surface area contributed by atoms with Crippen LogP contribution in [-0.4, -0.2) is 46.9 Å². The zero-order chi connectivity index (χ0) is 19.4. The minimum atomic E-state index is -0.206. The quantitative estimate of drug-likeness (QED) is 0.613. The Morgan fingerprint density at radius 2 is 2.00 bits per heavy atom. The molecule has 9 heteroatoms. The Bertz CT molecular complexity index is 968. The summed E-state index contributed by atoms with van der Waals surface area (Å²) in [6, 6.07) is 7.38. The van der Waals surface area contributed by atoms with Gasteiger partial charge in [-0.2, -0.15) is 10.1 Å². The lowest BCUT2D eigenvalue weighted by Crippen LogP contribution is -2.16. The van der Waals surface area contributed by atoms with Crippen LogP contribution in [0.15, 0.2) is 36.7 Å². The average Bonchev–Trinajstić information content (AvgIpc) is 3.17. The second-order valence-electron chi connectivity index (χ2n) is 5.73. The van der Waals surface area contributed by atoms with E-state index in [1.807, 2.05) is 31.2 Å². The van der Waals surface area contributed by atoms with Crippen LogP contribution in [-0.2, 0) is 0 Å². The number of nitrogens with zero attached hydrogens (tertiary/aromatic N) is 4. The predicted octanol–water partition coefficient (Wildman–Crippen LogP) is 2.12. The molecule has 140 valence electrons. The van der Waals surface area contributed by atoms with Gasteiger partial charge in [0, 0.05) is 37.7 Å². The van der Waals surface area contributed by atoms with Crippen LogP contribution in [0, 0.1) is 6.92 Å². The van der Waals surface area contributed by atoms with Gasteiger partial charge < -0.3 is 20.7 Å². The molecule has 2 aromatic heterocycles. The fourth-order valence-corrected chi connectivity index (χ4v) is 2.54. The lowest BCUT2D eigenvalue weighted by atomic mass is 10.2. The molecule has 0 aliphatic heterocycles. The maximum Gasteiger partial charge on any atom is 0.254 e. The Hall–Kier alpha value is -3.62. The molecule has 0 saturated carbocycles. The lowest BCUT2D eigenvalue weighted by Gasteiger charge is -2.12. The molecule has 0 radical (unpaired) electrons. The summed E-state index contributed by atoms with van der Waals surface area (Å²) in [5.74, 6) is 1.61. The van der Waals surface area contributed by atoms with Crippen molar-refractivity contribution in [2.24, 2.45) is 0 Å². The highest BCUT2D eigenvalue weighted by Gasteiger charge is 2.12. The van der Waals surface area contributed by atoms with E-state index in [9.17, 15) is 4.79 Å². The first-order valence-electron chi connectivity index (χ1n) is 8.29. The van der Waals surface area contributed by atoms with E-state index in [0.29, 0.717) is 22.9 Å². The van der Waals surface area contributed by atoms with Crippen molar-refractivity contribution >= 4 is 23.4 Å². The number of ether oxygens (including phenoxy) is 1. The molecule has 0 unspecified atom stereocenters. The maximum absolute atomic E-state index is 11.8. The number of carbonyl (C=O) groups is 1. The summed E-state index contributed by atoms with van der Waals surface area (Å²) >= 11 is 0. The van der Waals surface area contributed by atoms with Crippen molar-refractivity contribution in [3.8, 4) is 11.4 Å². The molecule has 0 fully saturated rings. The largest absolute Gasteiger partial charge is 0.494 e. The second kappa shape index (κ2) is 7.73. The molecule has 3 rings (SSSR count). The van der Waals surface area contributed by atoms with Crippen LogP contribution in [0.2, 0.25) is 0 Å². The van der Waals surface area contributed by atoms with Crippen molar-refractivity contribution in [3.63, 3.8) is 0 Å². The summed E-state index contributed by atoms with van der Waals surface area (Å²) in [6.07, 6.45) is 3.14. The van der Waals surface area contributed by atoms with Gasteiger partial charge in [-0.3, -0.25) is 4.79 Å². The number of amides is 1. The third kappa shape index (κ3) is 3.97. The Morgan fingerprint density at radius 1 is 1.19 bits per heavy atom. The van der Waals surface area contributed by atoms with Crippen LogP contribution in [0.1, 0.15) is 16.1 Å². The summed E-state index contributed by atoms with van der Waals surface area (Å²) in [4.78, 5) is 20.6. The molecule has 0 aliphatic carbocycles. The standard InChI is InChI=1S/C18H21N7O2/c1-11-7-16(19-2)24-18(22-11)23-13-5-6-15(27-4)14(8-13)25-10-12(9-21-25)17(26)20-3/h5-10H,1-4H3,(H,20,26)(H2,19,22,23,24). The summed E-state index contributed by atoms with van der Waals surface area (Å²) in [5.41, 5.74) is 2.74. The van der Waals surface area contributed by atoms with Gasteiger partial charge in [0.15, 0.2) is 0 Å². The van der Waals surface area contributed by atoms with Crippen molar-refractivity contribution in [1.82, 2.24) is 25.1 Å². The molecule has 0 bridgehead atoms. The van der Waals surface area contributed by atoms with Crippen molar-refractivity contribution in [2.45, 2.75) is 6.92 Å². The highest BCUT2D eigenvalue weighted by atomic mass is 16.5. The fourth-order valence-electron chi connectivity index (χ4n) is 2.54. The van der Waals surface area contributed by atoms with Crippen molar-refractivity contribution in [3.05, 3.63) is 47.9 Å². The number of aromatic nitrogens is 4. The highest BCUT2D eigenvalue weighted by Crippen LogP contribution is 2.27. The number of nitrogens with one attached hydrogen (secondary N) is 3. The summed E-state index contributed by atoms with van der Waals surface area (Å²) < 4.78 is 7.01. The average molecular weight is 367 g/mol. The molecule has 3 N–H and O–H groups in total. The van der Waals surface area contributed by atoms with Crippen LogP contribution < -0.4 is 20.7 Å². The third-order valence-corrected chi connectivity index (χ3v) is 3.86. The molecule has 0 atom stereocenters. The van der Waals surface area contributed by atoms with E-state index in [0.717, 1.165) is 17.2 Å². The Morgan fingerprint density at radius 3 is 2.70 bits per heavy atom. The minimum absolute atomic E-state index is 0.206. The lowest BCUT2D eigenvalue weighted by molar-refractivity contribution is 0.0963. The zero-order valence-electron chi connectivity index (χ0n) is 15.6. The number of methoxy groups -OCH3 is 1. The van der Waals surface area contributed by atoms with Gasteiger partial charge in [0.05, 0.1) is 18.9 Å². The van der Waals surface area contributed by atoms with Crippen molar-refractivity contribution < 1.29 is 9.53 Å². The first-order valence-corrected chi connectivity index (χ1v) is 8.29. The molecule has 3 aromatic rings. The van der Waals surface area contributed by atoms with Gasteiger partial charge in [0.1, 0.15) is 17.3 Å². The zero-order valence-corrected chi connectivity index (χ0v) is 15.6. The van der Waals surface area contributed by atoms with E-state index in [2.05, 4.69) is 31.0 Å². The van der Waals surface area contributed by atoms with Crippen LogP contribution in [0.5, 0.6) is 5.75 Å². The second-order valence-corrected chi connectivity index (χ2v) is 5.73. The molecule has 1 aromatic carbocycles. The number of benzene rings is 1. The highest BCUT2D eigenvalue weighted by molar-refractivity contribution is 5.93. The molecule has 27 heavy (non-hydrogen) atoms. The number of anilines is 3. The van der Waals surface area contributed by atoms with Gasteiger partial charge in [0.2, 0.25) is 5.95 Å². The third-order valence-electron chi connectivity index (χ3n) is 3.86. The van der Waals surface area contributed by atoms with Crippen LogP contribution >= 0.6 is 0 Å². The summed E-state index contributed by atoms with van der Waals surface area (Å²) in [6.45, 7) is 1.90. The fraction of sp³-hybridized carbons (Fsp3) is 0.222. The van der Waals surface area contributed by atoms with E-state index in [1.165, 1.54) is 6.20 Å². The Labute approximate surface area is 156 Å². The van der Waals surface area contributed by atoms with E-state index in [-0.39, 0.29) is 5.91 Å². The SMILES string of the molecule is CNC(=O)c1cnn(-c2cc(Nc3nc(C)cc(NC)n3)ccc2OC)c1. The molecule has 2 heterocycles. The summed E-state index contributed by atoms with van der Waals surface area (Å²) in [7, 11) is 4.96. The van der Waals surface area contributed by atoms with Gasteiger partial charge in [-0.15, -0.1) is 0 Å². The maximum atomic E-state index is 11.8. The minimum Gasteiger partial charge on any atom is -0.494 e. The van der Waals surface area contributed by atoms with E-state index in [1.54, 1.807) is 32.1 Å². The first-order chi connectivity index (χ1) is 13.0. The van der Waals surface area contributed by atoms with Crippen molar-refractivity contribution in [2.75, 3.05) is 31.8 Å². The van der Waals surface area contributed by atoms with Gasteiger partial charge >= 0.3 is 0 Å². The molecule has 0 spiro atoms. The van der Waals surface area contributed by atoms with Gasteiger partial charge in [0.25, 0.3) is 5.91 Å². The molecular weight excluding hydrogens is 346 g/mol. The summed E-state index contributed by atoms with van der Waals surface area (Å²) in [5, 5.41) is 13.0. The van der Waals surface area contributed by atoms with E-state index in [4.69, 9.17) is 4.74 Å². The van der Waals surface area contributed by atoms with Gasteiger partial charge in [-0.1, -0.05) is 0 Å². The Kier molecular flexibility index (Phi) is 5.20. The monoisotopic (exact) mass is 367 g/mol. The van der Waals surface area contributed by atoms with Gasteiger partial charge in [-0.05, 0) is 25.1 Å². The predicted molar refractivity (Wildman–Crippen MR) is 103 cm³/mol. The van der Waals surface area contributed by atoms with Crippen LogP contribution in [0.25, 0.3) is 5.69 Å². The van der Waals surface area contributed by atoms with Crippen molar-refractivity contribution in [1.29, 1.82) is 0 Å². The molecule has 9 nitrogen and oxygen atoms in total. The first kappa shape index (κ1) is 18.2. The van der Waals surface area contributed by atoms with E-state index >= 15 is 0 Å². The smallest absolute Gasteiger partial charge is 0.254 e. The number of aryl methyl sites for hydroxylation is 1. The number of hydrogen-bond acceptors (Lipinski definition) is 7. The molecular formula is C18H21N7O2. The number of hydrogen-bond donors (Lipinski definition) is 3. The number of carbonyl (C=O) groups excluding carboxylic acids is 1. The van der Waals surface area contributed by atoms with Gasteiger partial charge in [-0.25, -0.2) is 9.67 Å². The Balaban J connectivity index is 1.95. The number of rotatable bonds is 6. The topological polar surface area (TPSA) is 106 Å². The normalized spacial score (nSPS) is 10.4. The van der Waals surface area contributed by atoms with E-state index < -0.39 is 0 Å².